The fraction of sp³-hybridized carbons (Fsp3) is 0.778. The van der Waals surface area contributed by atoms with Gasteiger partial charge in [0.2, 0.25) is 5.91 Å². The van der Waals surface area contributed by atoms with Gasteiger partial charge in [0.15, 0.2) is 0 Å². The quantitative estimate of drug-likeness (QED) is 0.635. The Kier molecular flexibility index (Phi) is 8.89. The van der Waals surface area contributed by atoms with E-state index in [0.29, 0.717) is 18.6 Å². The van der Waals surface area contributed by atoms with Crippen molar-refractivity contribution in [2.24, 2.45) is 11.7 Å². The minimum Gasteiger partial charge on any atom is -0.463 e. The molecule has 2 aliphatic carbocycles. The number of carbonyl (C=O) groups is 2. The van der Waals surface area contributed by atoms with Crippen LogP contribution in [0.2, 0.25) is 0 Å². The molecule has 144 valence electrons. The number of nitrogens with one attached hydrogen (secondary N) is 1. The summed E-state index contributed by atoms with van der Waals surface area (Å²) in [6.07, 6.45) is 5.46. The van der Waals surface area contributed by atoms with E-state index >= 15 is 0 Å². The molecule has 0 saturated heterocycles. The second-order valence-electron chi connectivity index (χ2n) is 6.63. The lowest BCUT2D eigenvalue weighted by Gasteiger charge is -2.36. The minimum absolute atomic E-state index is 0. The molecule has 25 heavy (non-hydrogen) atoms. The highest BCUT2D eigenvalue weighted by atomic mass is 35.5. The van der Waals surface area contributed by atoms with Crippen LogP contribution in [-0.4, -0.2) is 42.8 Å². The van der Waals surface area contributed by atoms with Crippen molar-refractivity contribution in [3.63, 3.8) is 0 Å². The van der Waals surface area contributed by atoms with E-state index in [-0.39, 0.29) is 48.4 Å². The molecule has 6 nitrogen and oxygen atoms in total. The van der Waals surface area contributed by atoms with E-state index in [9.17, 15) is 9.59 Å². The lowest BCUT2D eigenvalue weighted by Crippen LogP contribution is -2.57. The van der Waals surface area contributed by atoms with Crippen molar-refractivity contribution in [1.82, 2.24) is 5.32 Å². The largest absolute Gasteiger partial charge is 0.463 e. The highest BCUT2D eigenvalue weighted by Gasteiger charge is 2.39. The first kappa shape index (κ1) is 21.9. The molecular formula is C18H31ClN2O4. The lowest BCUT2D eigenvalue weighted by atomic mass is 9.88. The predicted molar refractivity (Wildman–Crippen MR) is 98.5 cm³/mol. The summed E-state index contributed by atoms with van der Waals surface area (Å²) in [5.74, 6) is -0.193. The van der Waals surface area contributed by atoms with Crippen LogP contribution in [0.15, 0.2) is 11.6 Å². The Morgan fingerprint density at radius 3 is 2.44 bits per heavy atom. The fourth-order valence-electron chi connectivity index (χ4n) is 3.01. The Hall–Kier alpha value is -1.11. The van der Waals surface area contributed by atoms with Crippen LogP contribution in [0.25, 0.3) is 0 Å². The summed E-state index contributed by atoms with van der Waals surface area (Å²) >= 11 is 0. The zero-order valence-electron chi connectivity index (χ0n) is 15.3. The molecule has 0 aromatic rings. The molecule has 0 bridgehead atoms. The van der Waals surface area contributed by atoms with E-state index in [4.69, 9.17) is 15.2 Å². The number of hydrogen-bond donors (Lipinski definition) is 2. The molecule has 0 aliphatic heterocycles. The van der Waals surface area contributed by atoms with E-state index in [1.807, 2.05) is 0 Å². The second kappa shape index (κ2) is 10.1. The highest BCUT2D eigenvalue weighted by Crippen LogP contribution is 2.30. The molecule has 1 amide bonds. The van der Waals surface area contributed by atoms with Gasteiger partial charge in [-0.25, -0.2) is 4.79 Å². The van der Waals surface area contributed by atoms with E-state index in [1.54, 1.807) is 13.0 Å². The summed E-state index contributed by atoms with van der Waals surface area (Å²) in [6, 6.07) is -0.673. The van der Waals surface area contributed by atoms with E-state index < -0.39 is 6.10 Å². The minimum atomic E-state index is -0.402. The summed E-state index contributed by atoms with van der Waals surface area (Å²) in [7, 11) is 0. The average molecular weight is 375 g/mol. The van der Waals surface area contributed by atoms with Gasteiger partial charge in [-0.3, -0.25) is 4.79 Å². The molecule has 0 unspecified atom stereocenters. The Bertz CT molecular complexity index is 489. The van der Waals surface area contributed by atoms with E-state index in [2.05, 4.69) is 19.2 Å². The van der Waals surface area contributed by atoms with Gasteiger partial charge in [-0.2, -0.15) is 0 Å². The maximum Gasteiger partial charge on any atom is 0.333 e. The smallest absolute Gasteiger partial charge is 0.333 e. The Balaban J connectivity index is 0.00000312. The van der Waals surface area contributed by atoms with Crippen LogP contribution in [0.3, 0.4) is 0 Å². The fourth-order valence-corrected chi connectivity index (χ4v) is 3.01. The van der Waals surface area contributed by atoms with Gasteiger partial charge in [0.25, 0.3) is 0 Å². The molecule has 2 aliphatic rings. The van der Waals surface area contributed by atoms with Crippen LogP contribution in [-0.2, 0) is 19.1 Å². The van der Waals surface area contributed by atoms with Crippen LogP contribution >= 0.6 is 12.4 Å². The van der Waals surface area contributed by atoms with E-state index in [0.717, 1.165) is 25.7 Å². The van der Waals surface area contributed by atoms with Crippen molar-refractivity contribution in [2.75, 3.05) is 6.61 Å². The maximum atomic E-state index is 12.2. The third-order valence-electron chi connectivity index (χ3n) is 4.69. The van der Waals surface area contributed by atoms with Crippen LogP contribution in [0, 0.1) is 5.92 Å². The van der Waals surface area contributed by atoms with Gasteiger partial charge in [0, 0.05) is 17.5 Å². The lowest BCUT2D eigenvalue weighted by molar-refractivity contribution is -0.139. The average Bonchev–Trinajstić information content (AvgIpc) is 3.40. The molecule has 1 saturated carbocycles. The first-order valence-corrected chi connectivity index (χ1v) is 9.09. The molecule has 3 N–H and O–H groups in total. The molecule has 0 radical (unpaired) electrons. The van der Waals surface area contributed by atoms with Gasteiger partial charge in [-0.15, -0.1) is 12.4 Å². The highest BCUT2D eigenvalue weighted by molar-refractivity contribution is 5.89. The molecule has 0 aromatic heterocycles. The third-order valence-corrected chi connectivity index (χ3v) is 4.69. The Morgan fingerprint density at radius 1 is 1.28 bits per heavy atom. The van der Waals surface area contributed by atoms with Crippen molar-refractivity contribution in [3.8, 4) is 0 Å². The van der Waals surface area contributed by atoms with Gasteiger partial charge in [-0.1, -0.05) is 13.8 Å². The summed E-state index contributed by atoms with van der Waals surface area (Å²) in [5.41, 5.74) is 6.82. The standard InChI is InChI=1S/C18H30N2O4.ClH/c1-4-13(5-2)24-15-10-12(18(22)23-6-3)9-14(19)16(15)20-17(21)11-7-8-11;/h10-11,13-16H,4-9,19H2,1-3H3,(H,20,21);1H/t14-,15+,16+;/m0./s1. The summed E-state index contributed by atoms with van der Waals surface area (Å²) in [5, 5.41) is 3.04. The molecule has 0 aromatic carbocycles. The summed E-state index contributed by atoms with van der Waals surface area (Å²) in [6.45, 7) is 6.22. The molecule has 7 heteroatoms. The van der Waals surface area contributed by atoms with E-state index in [1.165, 1.54) is 0 Å². The Labute approximate surface area is 156 Å². The number of halogens is 1. The third kappa shape index (κ3) is 5.97. The molecule has 3 atom stereocenters. The number of carbonyl (C=O) groups excluding carboxylic acids is 2. The second-order valence-corrected chi connectivity index (χ2v) is 6.63. The number of amides is 1. The molecule has 1 fully saturated rings. The summed E-state index contributed by atoms with van der Waals surface area (Å²) < 4.78 is 11.2. The molecular weight excluding hydrogens is 344 g/mol. The first-order chi connectivity index (χ1) is 11.5. The SMILES string of the molecule is CCOC(=O)C1=C[C@@H](OC(CC)CC)[C@H](NC(=O)C2CC2)[C@@H](N)C1.Cl. The molecule has 0 heterocycles. The zero-order chi connectivity index (χ0) is 17.7. The predicted octanol–water partition coefficient (Wildman–Crippen LogP) is 2.10. The number of esters is 1. The monoisotopic (exact) mass is 374 g/mol. The topological polar surface area (TPSA) is 90.6 Å². The van der Waals surface area contributed by atoms with Crippen molar-refractivity contribution < 1.29 is 19.1 Å². The molecule has 2 rings (SSSR count). The van der Waals surface area contributed by atoms with Gasteiger partial charge in [0.1, 0.15) is 0 Å². The van der Waals surface area contributed by atoms with Gasteiger partial charge in [0.05, 0.1) is 24.9 Å². The first-order valence-electron chi connectivity index (χ1n) is 9.09. The number of nitrogens with two attached hydrogens (primary N) is 1. The Morgan fingerprint density at radius 2 is 1.92 bits per heavy atom. The van der Waals surface area contributed by atoms with Gasteiger partial charge in [-0.05, 0) is 45.1 Å². The number of ether oxygens (including phenoxy) is 2. The summed E-state index contributed by atoms with van der Waals surface area (Å²) in [4.78, 5) is 24.2. The number of hydrogen-bond acceptors (Lipinski definition) is 5. The van der Waals surface area contributed by atoms with Crippen molar-refractivity contribution in [3.05, 3.63) is 11.6 Å². The maximum absolute atomic E-state index is 12.2. The zero-order valence-corrected chi connectivity index (χ0v) is 16.1. The van der Waals surface area contributed by atoms with Crippen LogP contribution in [0.1, 0.15) is 52.9 Å². The number of rotatable bonds is 8. The van der Waals surface area contributed by atoms with Crippen molar-refractivity contribution >= 4 is 24.3 Å². The van der Waals surface area contributed by atoms with Gasteiger partial charge >= 0.3 is 5.97 Å². The normalized spacial score (nSPS) is 25.8. The van der Waals surface area contributed by atoms with Crippen LogP contribution < -0.4 is 11.1 Å². The van der Waals surface area contributed by atoms with Crippen molar-refractivity contribution in [2.45, 2.75) is 77.2 Å². The van der Waals surface area contributed by atoms with Crippen molar-refractivity contribution in [1.29, 1.82) is 0 Å². The van der Waals surface area contributed by atoms with Gasteiger partial charge < -0.3 is 20.5 Å². The molecule has 0 spiro atoms. The van der Waals surface area contributed by atoms with Crippen LogP contribution in [0.4, 0.5) is 0 Å². The van der Waals surface area contributed by atoms with Crippen LogP contribution in [0.5, 0.6) is 0 Å².